The van der Waals surface area contributed by atoms with Crippen molar-refractivity contribution in [2.45, 2.75) is 76.2 Å². The number of hydrogen-bond donors (Lipinski definition) is 2. The van der Waals surface area contributed by atoms with Crippen LogP contribution in [-0.2, 0) is 35.3 Å². The molecule has 5 aliphatic rings. The van der Waals surface area contributed by atoms with E-state index >= 15 is 0 Å². The molecule has 0 spiro atoms. The maximum absolute atomic E-state index is 11.6. The number of likely N-dealkylation sites (N-methyl/N-ethyl adjacent to an activating group) is 2. The maximum Gasteiger partial charge on any atom is 0.204 e. The van der Waals surface area contributed by atoms with Crippen LogP contribution in [0.15, 0.2) is 85.0 Å². The second-order valence-electron chi connectivity index (χ2n) is 17.0. The zero-order valence-corrected chi connectivity index (χ0v) is 38.0. The first-order valence-corrected chi connectivity index (χ1v) is 22.2. The van der Waals surface area contributed by atoms with Crippen molar-refractivity contribution in [3.63, 3.8) is 0 Å². The van der Waals surface area contributed by atoms with Gasteiger partial charge in [0.25, 0.3) is 0 Å². The van der Waals surface area contributed by atoms with Crippen LogP contribution in [0.25, 0.3) is 0 Å². The van der Waals surface area contributed by atoms with Gasteiger partial charge in [0.15, 0.2) is 40.3 Å². The van der Waals surface area contributed by atoms with Crippen LogP contribution in [0.4, 0.5) is 0 Å². The van der Waals surface area contributed by atoms with Crippen LogP contribution in [0.2, 0.25) is 0 Å². The van der Waals surface area contributed by atoms with Gasteiger partial charge in [-0.1, -0.05) is 55.8 Å². The van der Waals surface area contributed by atoms with Crippen LogP contribution in [0.3, 0.4) is 0 Å². The molecule has 340 valence electrons. The van der Waals surface area contributed by atoms with Gasteiger partial charge in [-0.2, -0.15) is 0 Å². The number of aliphatic hydroxyl groups is 2. The first-order valence-electron chi connectivity index (χ1n) is 22.2. The number of hydrogen-bond acceptors (Lipinski definition) is 12. The minimum atomic E-state index is -1.43. The largest absolute Gasteiger partial charge is 0.493 e. The van der Waals surface area contributed by atoms with Crippen LogP contribution >= 0.6 is 0 Å². The lowest BCUT2D eigenvalue weighted by Gasteiger charge is -2.37. The molecule has 6 unspecified atom stereocenters. The van der Waals surface area contributed by atoms with Gasteiger partial charge >= 0.3 is 0 Å². The summed E-state index contributed by atoms with van der Waals surface area (Å²) >= 11 is 0. The molecule has 0 aromatic heterocycles. The molecule has 0 radical (unpaired) electrons. The summed E-state index contributed by atoms with van der Waals surface area (Å²) in [5.41, 5.74) is 7.15. The molecule has 1 aliphatic carbocycles. The summed E-state index contributed by atoms with van der Waals surface area (Å²) in [6, 6.07) is 21.2. The Kier molecular flexibility index (Phi) is 15.1. The highest BCUT2D eigenvalue weighted by atomic mass is 16.5. The Morgan fingerprint density at radius 2 is 1.41 bits per heavy atom. The van der Waals surface area contributed by atoms with Crippen LogP contribution in [0.1, 0.15) is 71.7 Å². The molecule has 4 aromatic rings. The van der Waals surface area contributed by atoms with Crippen molar-refractivity contribution >= 4 is 12.1 Å². The fourth-order valence-electron chi connectivity index (χ4n) is 9.34. The number of rotatable bonds is 9. The standard InChI is InChI=1S/C38H42N2O6.C14H20O4/c1-39-15-13-25-20-32(42-4)34-22-28(25)29(39)17-23-7-10-27(11-8-23)45-33-19-24(9-12-31(33)41-3)18-30-36-26(14-16-40(30)2)21-35(43-5)37(44-6)38(36)46-34;1-2-3-4-5-6-7-10-8-12(16)14(18)13(17)11(10)9-15/h7-12,19-22,29-30H,13-18H2,1-6H3;4-7,9-12,14,16,18H,2-3,8H2,1H3. The fourth-order valence-corrected chi connectivity index (χ4v) is 9.34. The van der Waals surface area contributed by atoms with E-state index in [1.54, 1.807) is 40.6 Å². The van der Waals surface area contributed by atoms with E-state index in [9.17, 15) is 19.8 Å². The lowest BCUT2D eigenvalue weighted by molar-refractivity contribution is -0.146. The predicted molar refractivity (Wildman–Crippen MR) is 246 cm³/mol. The molecule has 4 aromatic carbocycles. The molecule has 4 aliphatic heterocycles. The smallest absolute Gasteiger partial charge is 0.204 e. The Labute approximate surface area is 377 Å². The van der Waals surface area contributed by atoms with E-state index < -0.39 is 23.9 Å². The number of aliphatic hydroxyl groups excluding tert-OH is 2. The van der Waals surface area contributed by atoms with Crippen molar-refractivity contribution in [3.05, 3.63) is 118 Å². The highest BCUT2D eigenvalue weighted by molar-refractivity contribution is 5.97. The van der Waals surface area contributed by atoms with Crippen molar-refractivity contribution in [1.82, 2.24) is 9.80 Å². The molecular weight excluding hydrogens is 813 g/mol. The summed E-state index contributed by atoms with van der Waals surface area (Å²) in [5.74, 6) is 3.64. The molecule has 0 amide bonds. The number of nitrogens with zero attached hydrogens (tertiary/aromatic N) is 2. The first-order chi connectivity index (χ1) is 31.0. The molecule has 4 heterocycles. The van der Waals surface area contributed by atoms with Crippen LogP contribution in [0.5, 0.6) is 46.0 Å². The third-order valence-electron chi connectivity index (χ3n) is 13.0. The molecule has 6 bridgehead atoms. The van der Waals surface area contributed by atoms with Crippen molar-refractivity contribution in [1.29, 1.82) is 0 Å². The van der Waals surface area contributed by atoms with Crippen LogP contribution in [-0.4, -0.2) is 99.9 Å². The topological polar surface area (TPSA) is 136 Å². The molecule has 12 nitrogen and oxygen atoms in total. The predicted octanol–water partition coefficient (Wildman–Crippen LogP) is 8.19. The van der Waals surface area contributed by atoms with Gasteiger partial charge in [-0.15, -0.1) is 0 Å². The lowest BCUT2D eigenvalue weighted by atomic mass is 9.76. The minimum Gasteiger partial charge on any atom is -0.493 e. The summed E-state index contributed by atoms with van der Waals surface area (Å²) in [7, 11) is 11.1. The summed E-state index contributed by atoms with van der Waals surface area (Å²) < 4.78 is 37.1. The van der Waals surface area contributed by atoms with Crippen LogP contribution in [0, 0.1) is 11.8 Å². The lowest BCUT2D eigenvalue weighted by Crippen LogP contribution is -2.47. The van der Waals surface area contributed by atoms with Gasteiger partial charge in [-0.25, -0.2) is 0 Å². The first kappa shape index (κ1) is 46.3. The van der Waals surface area contributed by atoms with Gasteiger partial charge < -0.3 is 43.4 Å². The van der Waals surface area contributed by atoms with Gasteiger partial charge in [0, 0.05) is 30.7 Å². The molecule has 12 heteroatoms. The number of Topliss-reactive ketones (excluding diaryl/α,β-unsaturated/α-hetero) is 1. The van der Waals surface area contributed by atoms with Gasteiger partial charge in [0.1, 0.15) is 18.1 Å². The average Bonchev–Trinajstić information content (AvgIpc) is 3.30. The Balaban J connectivity index is 0.000000287. The number of fused-ring (bicyclic) bond motifs is 2. The normalized spacial score (nSPS) is 23.2. The quantitative estimate of drug-likeness (QED) is 0.0954. The molecule has 2 N–H and O–H groups in total. The highest BCUT2D eigenvalue weighted by Crippen LogP contribution is 2.52. The van der Waals surface area contributed by atoms with Crippen molar-refractivity contribution < 1.29 is 48.2 Å². The number of benzene rings is 4. The number of methoxy groups -OCH3 is 4. The van der Waals surface area contributed by atoms with E-state index in [1.165, 1.54) is 22.3 Å². The van der Waals surface area contributed by atoms with E-state index in [2.05, 4.69) is 73.3 Å². The molecule has 64 heavy (non-hydrogen) atoms. The Morgan fingerprint density at radius 1 is 0.750 bits per heavy atom. The Morgan fingerprint density at radius 3 is 2.09 bits per heavy atom. The molecule has 0 saturated heterocycles. The summed E-state index contributed by atoms with van der Waals surface area (Å²) in [6.07, 6.45) is 11.1. The maximum atomic E-state index is 11.6. The monoisotopic (exact) mass is 874 g/mol. The highest BCUT2D eigenvalue weighted by Gasteiger charge is 2.41. The van der Waals surface area contributed by atoms with Gasteiger partial charge in [0.2, 0.25) is 5.75 Å². The SMILES string of the molecule is CCCC=CC=CC1CC(O)C(O)C(=O)C1C=O.COc1ccc2cc1Oc1ccc(cc1)CC1c3cc(c(OC)cc3CCN1C)Oc1c(OC)c(OC)cc3c1C(C2)N(C)CC3. The van der Waals surface area contributed by atoms with Gasteiger partial charge in [0.05, 0.1) is 40.5 Å². The second kappa shape index (κ2) is 20.9. The minimum absolute atomic E-state index is 0.000437. The van der Waals surface area contributed by atoms with E-state index in [0.717, 1.165) is 68.5 Å². The number of ketones is 1. The Bertz CT molecular complexity index is 2340. The number of carbonyl (C=O) groups is 2. The molecule has 6 atom stereocenters. The number of aldehydes is 1. The second-order valence-corrected chi connectivity index (χ2v) is 17.0. The van der Waals surface area contributed by atoms with Crippen LogP contribution < -0.4 is 28.4 Å². The fraction of sp³-hybridized carbons (Fsp3) is 0.423. The third kappa shape index (κ3) is 9.85. The summed E-state index contributed by atoms with van der Waals surface area (Å²) in [5, 5.41) is 18.9. The van der Waals surface area contributed by atoms with Crippen molar-refractivity contribution in [3.8, 4) is 46.0 Å². The van der Waals surface area contributed by atoms with Gasteiger partial charge in [-0.3, -0.25) is 14.6 Å². The molecule has 1 fully saturated rings. The zero-order chi connectivity index (χ0) is 45.5. The summed E-state index contributed by atoms with van der Waals surface area (Å²) in [6.45, 7) is 3.94. The zero-order valence-electron chi connectivity index (χ0n) is 38.0. The third-order valence-corrected chi connectivity index (χ3v) is 13.0. The van der Waals surface area contributed by atoms with Crippen molar-refractivity contribution in [2.24, 2.45) is 11.8 Å². The molecule has 9 rings (SSSR count). The van der Waals surface area contributed by atoms with Crippen molar-refractivity contribution in [2.75, 3.05) is 55.6 Å². The van der Waals surface area contributed by atoms with E-state index in [4.69, 9.17) is 28.4 Å². The molecular formula is C52H62N2O10. The number of ether oxygens (including phenoxy) is 6. The number of unbranched alkanes of at least 4 members (excludes halogenated alkanes) is 1. The van der Waals surface area contributed by atoms with E-state index in [0.29, 0.717) is 46.5 Å². The van der Waals surface area contributed by atoms with E-state index in [1.807, 2.05) is 30.4 Å². The summed E-state index contributed by atoms with van der Waals surface area (Å²) in [4.78, 5) is 27.3. The molecule has 1 saturated carbocycles. The average molecular weight is 875 g/mol. The Hall–Kier alpha value is -5.66. The number of carbonyl (C=O) groups excluding carboxylic acids is 2. The number of allylic oxidation sites excluding steroid dienone is 4. The van der Waals surface area contributed by atoms with E-state index in [-0.39, 0.29) is 24.4 Å². The van der Waals surface area contributed by atoms with Gasteiger partial charge in [-0.05, 0) is 129 Å².